The van der Waals surface area contributed by atoms with Crippen molar-refractivity contribution in [3.05, 3.63) is 51.6 Å². The predicted molar refractivity (Wildman–Crippen MR) is 84.8 cm³/mol. The molecule has 0 saturated carbocycles. The number of non-ortho nitro benzene ring substituents is 1. The van der Waals surface area contributed by atoms with Gasteiger partial charge in [0.25, 0.3) is 5.69 Å². The Balaban J connectivity index is 2.75. The zero-order valence-corrected chi connectivity index (χ0v) is 13.4. The Labute approximate surface area is 134 Å². The number of benzene rings is 1. The molecule has 0 unspecified atom stereocenters. The van der Waals surface area contributed by atoms with E-state index in [1.807, 2.05) is 19.9 Å². The number of methoxy groups -OCH3 is 1. The van der Waals surface area contributed by atoms with Crippen molar-refractivity contribution in [1.82, 2.24) is 5.32 Å². The van der Waals surface area contributed by atoms with E-state index >= 15 is 0 Å². The number of esters is 1. The summed E-state index contributed by atoms with van der Waals surface area (Å²) in [6.45, 7) is 3.78. The molecule has 0 spiro atoms. The maximum atomic E-state index is 12.1. The van der Waals surface area contributed by atoms with Gasteiger partial charge in [0.1, 0.15) is 6.04 Å². The van der Waals surface area contributed by atoms with Crippen LogP contribution in [-0.2, 0) is 20.7 Å². The second kappa shape index (κ2) is 8.67. The summed E-state index contributed by atoms with van der Waals surface area (Å²) in [5, 5.41) is 13.3. The molecule has 7 heteroatoms. The average Bonchev–Trinajstić information content (AvgIpc) is 2.50. The number of amides is 1. The van der Waals surface area contributed by atoms with Gasteiger partial charge in [0.05, 0.1) is 18.5 Å². The molecule has 124 valence electrons. The van der Waals surface area contributed by atoms with Crippen LogP contribution in [0.4, 0.5) is 5.69 Å². The van der Waals surface area contributed by atoms with Gasteiger partial charge >= 0.3 is 5.97 Å². The molecule has 1 rings (SSSR count). The normalized spacial score (nSPS) is 11.3. The van der Waals surface area contributed by atoms with E-state index in [2.05, 4.69) is 10.1 Å². The van der Waals surface area contributed by atoms with E-state index in [1.54, 1.807) is 6.07 Å². The Hall–Kier alpha value is -2.70. The Bertz CT molecular complexity index is 621. The monoisotopic (exact) mass is 320 g/mol. The molecule has 0 aliphatic heterocycles. The average molecular weight is 320 g/mol. The smallest absolute Gasteiger partial charge is 0.328 e. The molecule has 1 aromatic rings. The second-order valence-corrected chi connectivity index (χ2v) is 5.26. The Kier molecular flexibility index (Phi) is 6.92. The van der Waals surface area contributed by atoms with Crippen LogP contribution in [0, 0.1) is 10.1 Å². The number of hydrogen-bond acceptors (Lipinski definition) is 5. The molecule has 1 amide bonds. The minimum Gasteiger partial charge on any atom is -0.467 e. The van der Waals surface area contributed by atoms with E-state index in [9.17, 15) is 19.7 Å². The number of hydrogen-bond donors (Lipinski definition) is 1. The Morgan fingerprint density at radius 3 is 2.65 bits per heavy atom. The van der Waals surface area contributed by atoms with Crippen molar-refractivity contribution >= 4 is 17.6 Å². The first-order chi connectivity index (χ1) is 10.8. The molecule has 0 heterocycles. The zero-order chi connectivity index (χ0) is 17.4. The van der Waals surface area contributed by atoms with E-state index in [1.165, 1.54) is 25.3 Å². The maximum Gasteiger partial charge on any atom is 0.328 e. The molecule has 0 saturated heterocycles. The zero-order valence-electron chi connectivity index (χ0n) is 13.4. The summed E-state index contributed by atoms with van der Waals surface area (Å²) in [7, 11) is 1.25. The fraction of sp³-hybridized carbons (Fsp3) is 0.375. The van der Waals surface area contributed by atoms with Crippen molar-refractivity contribution < 1.29 is 19.2 Å². The van der Waals surface area contributed by atoms with E-state index in [-0.39, 0.29) is 12.1 Å². The van der Waals surface area contributed by atoms with E-state index < -0.39 is 22.8 Å². The summed E-state index contributed by atoms with van der Waals surface area (Å²) in [5.41, 5.74) is 1.44. The van der Waals surface area contributed by atoms with Crippen LogP contribution in [-0.4, -0.2) is 30.0 Å². The van der Waals surface area contributed by atoms with Crippen LogP contribution in [0.25, 0.3) is 0 Å². The van der Waals surface area contributed by atoms with Gasteiger partial charge in [-0.25, -0.2) is 4.79 Å². The lowest BCUT2D eigenvalue weighted by Crippen LogP contribution is -2.41. The van der Waals surface area contributed by atoms with Crippen molar-refractivity contribution in [1.29, 1.82) is 0 Å². The molecule has 1 aromatic carbocycles. The number of nitrogens with zero attached hydrogens (tertiary/aromatic N) is 1. The van der Waals surface area contributed by atoms with Crippen molar-refractivity contribution in [2.75, 3.05) is 7.11 Å². The first kappa shape index (κ1) is 18.3. The van der Waals surface area contributed by atoms with Crippen LogP contribution in [0.2, 0.25) is 0 Å². The maximum absolute atomic E-state index is 12.1. The van der Waals surface area contributed by atoms with E-state index in [0.29, 0.717) is 12.0 Å². The van der Waals surface area contributed by atoms with Gasteiger partial charge in [-0.15, -0.1) is 0 Å². The molecule has 0 radical (unpaired) electrons. The molecule has 0 aromatic heterocycles. The Morgan fingerprint density at radius 1 is 1.39 bits per heavy atom. The highest BCUT2D eigenvalue weighted by atomic mass is 16.6. The number of allylic oxidation sites excluding steroid dienone is 1. The first-order valence-corrected chi connectivity index (χ1v) is 7.07. The van der Waals surface area contributed by atoms with Crippen LogP contribution in [0.1, 0.15) is 25.8 Å². The largest absolute Gasteiger partial charge is 0.467 e. The molecule has 0 bridgehead atoms. The number of ether oxygens (including phenoxy) is 1. The summed E-state index contributed by atoms with van der Waals surface area (Å²) >= 11 is 0. The van der Waals surface area contributed by atoms with Gasteiger partial charge < -0.3 is 10.1 Å². The van der Waals surface area contributed by atoms with Crippen molar-refractivity contribution in [3.8, 4) is 0 Å². The topological polar surface area (TPSA) is 98.5 Å². The molecule has 23 heavy (non-hydrogen) atoms. The first-order valence-electron chi connectivity index (χ1n) is 7.07. The third kappa shape index (κ3) is 6.29. The van der Waals surface area contributed by atoms with Gasteiger partial charge in [-0.05, 0) is 25.8 Å². The number of nitro benzene ring substituents is 1. The van der Waals surface area contributed by atoms with Crippen LogP contribution in [0.15, 0.2) is 35.9 Å². The van der Waals surface area contributed by atoms with Gasteiger partial charge in [-0.3, -0.25) is 14.9 Å². The van der Waals surface area contributed by atoms with E-state index in [4.69, 9.17) is 0 Å². The second-order valence-electron chi connectivity index (χ2n) is 5.26. The minimum absolute atomic E-state index is 0.0516. The SMILES string of the molecule is COC(=O)[C@@H](CC=C(C)C)NC(=O)Cc1cccc([N+](=O)[O-])c1. The predicted octanol–water partition coefficient (Wildman–Crippen LogP) is 2.15. The van der Waals surface area contributed by atoms with Crippen molar-refractivity contribution in [3.63, 3.8) is 0 Å². The summed E-state index contributed by atoms with van der Waals surface area (Å²) in [6, 6.07) is 5.05. The van der Waals surface area contributed by atoms with Crippen LogP contribution >= 0.6 is 0 Å². The summed E-state index contributed by atoms with van der Waals surface area (Å²) in [4.78, 5) is 34.0. The quantitative estimate of drug-likeness (QED) is 0.359. The summed E-state index contributed by atoms with van der Waals surface area (Å²) < 4.78 is 4.67. The van der Waals surface area contributed by atoms with Gasteiger partial charge in [0, 0.05) is 12.1 Å². The molecule has 0 aliphatic carbocycles. The molecule has 0 aliphatic rings. The summed E-state index contributed by atoms with van der Waals surface area (Å²) in [6.07, 6.45) is 2.11. The third-order valence-corrected chi connectivity index (χ3v) is 3.07. The number of rotatable bonds is 7. The van der Waals surface area contributed by atoms with Crippen LogP contribution in [0.5, 0.6) is 0 Å². The number of carbonyl (C=O) groups is 2. The fourth-order valence-electron chi connectivity index (χ4n) is 1.92. The summed E-state index contributed by atoms with van der Waals surface area (Å²) in [5.74, 6) is -0.932. The van der Waals surface area contributed by atoms with E-state index in [0.717, 1.165) is 5.57 Å². The van der Waals surface area contributed by atoms with Crippen molar-refractivity contribution in [2.24, 2.45) is 0 Å². The minimum atomic E-state index is -0.777. The lowest BCUT2D eigenvalue weighted by molar-refractivity contribution is -0.384. The van der Waals surface area contributed by atoms with Gasteiger partial charge in [0.2, 0.25) is 5.91 Å². The standard InChI is InChI=1S/C16H20N2O5/c1-11(2)7-8-14(16(20)23-3)17-15(19)10-12-5-4-6-13(9-12)18(21)22/h4-7,9,14H,8,10H2,1-3H3,(H,17,19)/t14-/m1/s1. The van der Waals surface area contributed by atoms with Crippen LogP contribution < -0.4 is 5.32 Å². The highest BCUT2D eigenvalue weighted by molar-refractivity contribution is 5.85. The Morgan fingerprint density at radius 2 is 2.09 bits per heavy atom. The molecular weight excluding hydrogens is 300 g/mol. The molecular formula is C16H20N2O5. The van der Waals surface area contributed by atoms with Gasteiger partial charge in [-0.2, -0.15) is 0 Å². The lowest BCUT2D eigenvalue weighted by atomic mass is 10.1. The molecule has 0 fully saturated rings. The number of carbonyl (C=O) groups excluding carboxylic acids is 2. The van der Waals surface area contributed by atoms with Gasteiger partial charge in [0.15, 0.2) is 0 Å². The highest BCUT2D eigenvalue weighted by Crippen LogP contribution is 2.13. The van der Waals surface area contributed by atoms with Crippen molar-refractivity contribution in [2.45, 2.75) is 32.7 Å². The molecule has 1 atom stereocenters. The molecule has 7 nitrogen and oxygen atoms in total. The fourth-order valence-corrected chi connectivity index (χ4v) is 1.92. The van der Waals surface area contributed by atoms with Gasteiger partial charge in [-0.1, -0.05) is 23.8 Å². The number of nitro groups is 1. The third-order valence-electron chi connectivity index (χ3n) is 3.07. The molecule has 1 N–H and O–H groups in total. The highest BCUT2D eigenvalue weighted by Gasteiger charge is 2.20. The number of nitrogens with one attached hydrogen (secondary N) is 1. The lowest BCUT2D eigenvalue weighted by Gasteiger charge is -2.15. The van der Waals surface area contributed by atoms with Crippen LogP contribution in [0.3, 0.4) is 0 Å².